The molecule has 1 aromatic heterocycles. The molecule has 2 aromatic rings. The topological polar surface area (TPSA) is 45.2 Å². The van der Waals surface area contributed by atoms with Crippen LogP contribution in [0.3, 0.4) is 0 Å². The lowest BCUT2D eigenvalue weighted by Gasteiger charge is -2.26. The van der Waals surface area contributed by atoms with Gasteiger partial charge in [-0.3, -0.25) is 4.98 Å². The summed E-state index contributed by atoms with van der Waals surface area (Å²) < 4.78 is 0. The van der Waals surface area contributed by atoms with Gasteiger partial charge in [0.15, 0.2) is 0 Å². The number of hydrogen-bond donors (Lipinski definition) is 2. The molecule has 2 rings (SSSR count). The van der Waals surface area contributed by atoms with Gasteiger partial charge in [-0.25, -0.2) is 0 Å². The number of hydrogen-bond acceptors (Lipinski definition) is 3. The number of pyridine rings is 1. The number of aromatic nitrogens is 1. The number of nitrogens with one attached hydrogen (secondary N) is 1. The fourth-order valence-electron chi connectivity index (χ4n) is 2.04. The van der Waals surface area contributed by atoms with Crippen molar-refractivity contribution in [2.24, 2.45) is 0 Å². The first kappa shape index (κ1) is 14.0. The van der Waals surface area contributed by atoms with Gasteiger partial charge >= 0.3 is 0 Å². The van der Waals surface area contributed by atoms with Gasteiger partial charge in [-0.2, -0.15) is 0 Å². The molecule has 19 heavy (non-hydrogen) atoms. The first-order valence-electron chi connectivity index (χ1n) is 6.77. The smallest absolute Gasteiger partial charge is 0.0741 e. The van der Waals surface area contributed by atoms with Crippen LogP contribution in [0.5, 0.6) is 0 Å². The Bertz CT molecular complexity index is 540. The molecule has 0 aliphatic carbocycles. The number of rotatable bonds is 5. The predicted octanol–water partition coefficient (Wildman–Crippen LogP) is 2.53. The van der Waals surface area contributed by atoms with Crippen molar-refractivity contribution in [2.45, 2.75) is 38.8 Å². The van der Waals surface area contributed by atoms with Gasteiger partial charge in [-0.05, 0) is 45.4 Å². The molecule has 102 valence electrons. The summed E-state index contributed by atoms with van der Waals surface area (Å²) in [5.74, 6) is 0. The van der Waals surface area contributed by atoms with E-state index in [0.717, 1.165) is 18.5 Å². The number of para-hydroxylation sites is 1. The van der Waals surface area contributed by atoms with Gasteiger partial charge in [-0.15, -0.1) is 0 Å². The molecule has 0 bridgehead atoms. The first-order chi connectivity index (χ1) is 8.98. The summed E-state index contributed by atoms with van der Waals surface area (Å²) in [4.78, 5) is 4.45. The van der Waals surface area contributed by atoms with E-state index in [1.165, 1.54) is 10.9 Å². The average Bonchev–Trinajstić information content (AvgIpc) is 2.38. The zero-order valence-electron chi connectivity index (χ0n) is 11.9. The standard InChI is InChI=1S/C16H22N2O/c1-12(16(2,3)19)17-11-9-14-7-4-6-13-8-5-10-18-15(13)14/h4-8,10,12,17,19H,9,11H2,1-3H3. The zero-order valence-corrected chi connectivity index (χ0v) is 11.9. The Morgan fingerprint density at radius 1 is 1.26 bits per heavy atom. The Kier molecular flexibility index (Phi) is 4.17. The van der Waals surface area contributed by atoms with Crippen molar-refractivity contribution in [1.29, 1.82) is 0 Å². The summed E-state index contributed by atoms with van der Waals surface area (Å²) in [6.07, 6.45) is 2.74. The summed E-state index contributed by atoms with van der Waals surface area (Å²) in [5.41, 5.74) is 1.62. The highest BCUT2D eigenvalue weighted by molar-refractivity contribution is 5.81. The number of fused-ring (bicyclic) bond motifs is 1. The largest absolute Gasteiger partial charge is 0.389 e. The van der Waals surface area contributed by atoms with Gasteiger partial charge in [0.25, 0.3) is 0 Å². The van der Waals surface area contributed by atoms with Gasteiger partial charge in [0, 0.05) is 17.6 Å². The van der Waals surface area contributed by atoms with Crippen LogP contribution >= 0.6 is 0 Å². The first-order valence-corrected chi connectivity index (χ1v) is 6.77. The van der Waals surface area contributed by atoms with Crippen LogP contribution < -0.4 is 5.32 Å². The molecule has 1 aromatic carbocycles. The number of nitrogens with zero attached hydrogens (tertiary/aromatic N) is 1. The summed E-state index contributed by atoms with van der Waals surface area (Å²) in [6, 6.07) is 10.4. The molecule has 1 unspecified atom stereocenters. The lowest BCUT2D eigenvalue weighted by atomic mass is 10.0. The van der Waals surface area contributed by atoms with Gasteiger partial charge in [0.05, 0.1) is 11.1 Å². The molecule has 0 aliphatic heterocycles. The molecule has 3 nitrogen and oxygen atoms in total. The molecule has 0 fully saturated rings. The second-order valence-electron chi connectivity index (χ2n) is 5.57. The normalized spacial score (nSPS) is 13.7. The van der Waals surface area contributed by atoms with Gasteiger partial charge in [-0.1, -0.05) is 24.3 Å². The zero-order chi connectivity index (χ0) is 13.9. The van der Waals surface area contributed by atoms with Crippen LogP contribution in [-0.2, 0) is 6.42 Å². The van der Waals surface area contributed by atoms with Crippen LogP contribution in [-0.4, -0.2) is 28.3 Å². The molecule has 0 spiro atoms. The van der Waals surface area contributed by atoms with Crippen LogP contribution in [0.4, 0.5) is 0 Å². The quantitative estimate of drug-likeness (QED) is 0.866. The van der Waals surface area contributed by atoms with Crippen LogP contribution in [0.15, 0.2) is 36.5 Å². The molecular formula is C16H22N2O. The molecule has 0 saturated heterocycles. The SMILES string of the molecule is CC(NCCc1cccc2cccnc12)C(C)(C)O. The van der Waals surface area contributed by atoms with Crippen molar-refractivity contribution in [3.8, 4) is 0 Å². The van der Waals surface area contributed by atoms with Gasteiger partial charge in [0.1, 0.15) is 0 Å². The third-order valence-corrected chi connectivity index (χ3v) is 3.62. The lowest BCUT2D eigenvalue weighted by molar-refractivity contribution is 0.0446. The Morgan fingerprint density at radius 3 is 2.74 bits per heavy atom. The molecule has 0 radical (unpaired) electrons. The van der Waals surface area contributed by atoms with Crippen molar-refractivity contribution in [3.63, 3.8) is 0 Å². The second kappa shape index (κ2) is 5.68. The molecule has 0 saturated carbocycles. The fourth-order valence-corrected chi connectivity index (χ4v) is 2.04. The maximum absolute atomic E-state index is 9.88. The highest BCUT2D eigenvalue weighted by Gasteiger charge is 2.21. The Labute approximate surface area is 114 Å². The Hall–Kier alpha value is -1.45. The minimum absolute atomic E-state index is 0.0652. The van der Waals surface area contributed by atoms with Crippen LogP contribution in [0, 0.1) is 0 Å². The second-order valence-corrected chi connectivity index (χ2v) is 5.57. The van der Waals surface area contributed by atoms with E-state index in [4.69, 9.17) is 0 Å². The average molecular weight is 258 g/mol. The monoisotopic (exact) mass is 258 g/mol. The van der Waals surface area contributed by atoms with Crippen molar-refractivity contribution in [1.82, 2.24) is 10.3 Å². The summed E-state index contributed by atoms with van der Waals surface area (Å²) >= 11 is 0. The van der Waals surface area contributed by atoms with E-state index in [-0.39, 0.29) is 6.04 Å². The van der Waals surface area contributed by atoms with Crippen molar-refractivity contribution in [3.05, 3.63) is 42.1 Å². The Morgan fingerprint density at radius 2 is 2.00 bits per heavy atom. The van der Waals surface area contributed by atoms with Crippen LogP contribution in [0.1, 0.15) is 26.3 Å². The number of aliphatic hydroxyl groups is 1. The van der Waals surface area contributed by atoms with Crippen LogP contribution in [0.25, 0.3) is 10.9 Å². The van der Waals surface area contributed by atoms with E-state index < -0.39 is 5.60 Å². The van der Waals surface area contributed by atoms with Crippen molar-refractivity contribution in [2.75, 3.05) is 6.54 Å². The van der Waals surface area contributed by atoms with E-state index in [0.29, 0.717) is 0 Å². The molecule has 3 heteroatoms. The highest BCUT2D eigenvalue weighted by atomic mass is 16.3. The summed E-state index contributed by atoms with van der Waals surface area (Å²) in [5, 5.41) is 14.4. The summed E-state index contributed by atoms with van der Waals surface area (Å²) in [7, 11) is 0. The summed E-state index contributed by atoms with van der Waals surface area (Å²) in [6.45, 7) is 6.48. The van der Waals surface area contributed by atoms with E-state index in [1.807, 2.05) is 33.0 Å². The molecule has 0 amide bonds. The molecule has 1 atom stereocenters. The maximum Gasteiger partial charge on any atom is 0.0741 e. The van der Waals surface area contributed by atoms with E-state index in [2.05, 4.69) is 34.6 Å². The van der Waals surface area contributed by atoms with Gasteiger partial charge < -0.3 is 10.4 Å². The van der Waals surface area contributed by atoms with Crippen LogP contribution in [0.2, 0.25) is 0 Å². The lowest BCUT2D eigenvalue weighted by Crippen LogP contribution is -2.45. The van der Waals surface area contributed by atoms with E-state index in [1.54, 1.807) is 0 Å². The third kappa shape index (κ3) is 3.52. The fraction of sp³-hybridized carbons (Fsp3) is 0.438. The molecular weight excluding hydrogens is 236 g/mol. The molecule has 0 aliphatic rings. The Balaban J connectivity index is 2.03. The molecule has 1 heterocycles. The van der Waals surface area contributed by atoms with Crippen molar-refractivity contribution >= 4 is 10.9 Å². The highest BCUT2D eigenvalue weighted by Crippen LogP contribution is 2.16. The number of benzene rings is 1. The molecule has 2 N–H and O–H groups in total. The maximum atomic E-state index is 9.88. The minimum atomic E-state index is -0.697. The third-order valence-electron chi connectivity index (χ3n) is 3.62. The van der Waals surface area contributed by atoms with Crippen molar-refractivity contribution < 1.29 is 5.11 Å². The van der Waals surface area contributed by atoms with E-state index >= 15 is 0 Å². The minimum Gasteiger partial charge on any atom is -0.389 e. The van der Waals surface area contributed by atoms with Gasteiger partial charge in [0.2, 0.25) is 0 Å². The predicted molar refractivity (Wildman–Crippen MR) is 79.2 cm³/mol. The van der Waals surface area contributed by atoms with E-state index in [9.17, 15) is 5.11 Å².